The Morgan fingerprint density at radius 2 is 1.84 bits per heavy atom. The van der Waals surface area contributed by atoms with Crippen molar-refractivity contribution in [3.8, 4) is 11.1 Å². The predicted molar refractivity (Wildman–Crippen MR) is 162 cm³/mol. The standard InChI is InChI=1S/C32H30Cl2FN5O4/c1-18-38-26(15-39(18)2)27(16-41)40-29(42)28-24(13-22-8-7-21(34)14-37-22)23(19-3-5-20(33)6-4-19)9-10-25(28)32(40,35)44-17-31(11-12-31)30(36)43/h3-10,14-15,27,41H,11-13,16-17H2,1-2H3,(H2,36,43)/t27?,32-/m1/s1. The Morgan fingerprint density at radius 3 is 2.41 bits per heavy atom. The molecule has 2 aromatic carbocycles. The van der Waals surface area contributed by atoms with Crippen molar-refractivity contribution in [1.29, 1.82) is 0 Å². The highest BCUT2D eigenvalue weighted by Crippen LogP contribution is 2.52. The number of hydrogen-bond acceptors (Lipinski definition) is 6. The maximum atomic E-state index is 17.8. The number of carbonyl (C=O) groups is 2. The van der Waals surface area contributed by atoms with Crippen molar-refractivity contribution in [3.05, 3.63) is 105 Å². The van der Waals surface area contributed by atoms with Crippen molar-refractivity contribution >= 4 is 35.0 Å². The summed E-state index contributed by atoms with van der Waals surface area (Å²) in [5.74, 6) is -3.53. The average Bonchev–Trinajstić information content (AvgIpc) is 3.69. The van der Waals surface area contributed by atoms with Crippen molar-refractivity contribution in [1.82, 2.24) is 19.4 Å². The Hall–Kier alpha value is -3.83. The molecule has 2 atom stereocenters. The first kappa shape index (κ1) is 30.2. The molecule has 1 aliphatic heterocycles. The van der Waals surface area contributed by atoms with Crippen LogP contribution in [0.3, 0.4) is 0 Å². The monoisotopic (exact) mass is 637 g/mol. The Labute approximate surface area is 263 Å². The van der Waals surface area contributed by atoms with E-state index in [-0.39, 0.29) is 29.8 Å². The number of benzene rings is 2. The van der Waals surface area contributed by atoms with Gasteiger partial charge < -0.3 is 20.1 Å². The zero-order valence-corrected chi connectivity index (χ0v) is 25.6. The van der Waals surface area contributed by atoms with Crippen LogP contribution in [0, 0.1) is 12.3 Å². The first-order valence-electron chi connectivity index (χ1n) is 14.1. The van der Waals surface area contributed by atoms with E-state index in [9.17, 15) is 14.7 Å². The first-order valence-corrected chi connectivity index (χ1v) is 14.8. The van der Waals surface area contributed by atoms with Gasteiger partial charge in [-0.1, -0.05) is 41.4 Å². The van der Waals surface area contributed by atoms with Crippen molar-refractivity contribution in [3.63, 3.8) is 0 Å². The third-order valence-electron chi connectivity index (χ3n) is 8.56. The van der Waals surface area contributed by atoms with Gasteiger partial charge in [0.1, 0.15) is 11.9 Å². The number of nitrogens with zero attached hydrogens (tertiary/aromatic N) is 4. The van der Waals surface area contributed by atoms with Crippen LogP contribution in [0.1, 0.15) is 57.6 Å². The van der Waals surface area contributed by atoms with Gasteiger partial charge in [-0.15, -0.1) is 0 Å². The normalized spacial score (nSPS) is 19.2. The fourth-order valence-electron chi connectivity index (χ4n) is 5.70. The zero-order valence-electron chi connectivity index (χ0n) is 24.1. The third kappa shape index (κ3) is 5.15. The number of aliphatic hydroxyl groups is 1. The van der Waals surface area contributed by atoms with E-state index in [1.54, 1.807) is 55.1 Å². The van der Waals surface area contributed by atoms with Crippen LogP contribution in [0.25, 0.3) is 11.1 Å². The van der Waals surface area contributed by atoms with Gasteiger partial charge in [-0.3, -0.25) is 19.5 Å². The predicted octanol–water partition coefficient (Wildman–Crippen LogP) is 5.24. The molecule has 44 heavy (non-hydrogen) atoms. The fourth-order valence-corrected chi connectivity index (χ4v) is 5.93. The van der Waals surface area contributed by atoms with E-state index in [1.807, 2.05) is 12.1 Å². The third-order valence-corrected chi connectivity index (χ3v) is 9.03. The van der Waals surface area contributed by atoms with Crippen molar-refractivity contribution in [2.24, 2.45) is 18.2 Å². The number of aliphatic hydroxyl groups excluding tert-OH is 1. The van der Waals surface area contributed by atoms with Crippen molar-refractivity contribution in [2.45, 2.75) is 38.2 Å². The summed E-state index contributed by atoms with van der Waals surface area (Å²) >= 11 is 12.2. The summed E-state index contributed by atoms with van der Waals surface area (Å²) in [6.07, 6.45) is 4.20. The molecule has 2 aliphatic rings. The topological polar surface area (TPSA) is 124 Å². The van der Waals surface area contributed by atoms with Crippen LogP contribution < -0.4 is 5.73 Å². The lowest BCUT2D eigenvalue weighted by atomic mass is 9.89. The Kier molecular flexibility index (Phi) is 7.73. The molecule has 1 fully saturated rings. The number of nitrogens with two attached hydrogens (primary N) is 1. The van der Waals surface area contributed by atoms with Gasteiger partial charge in [-0.25, -0.2) is 4.98 Å². The smallest absolute Gasteiger partial charge is 0.321 e. The SMILES string of the molecule is Cc1nc(C(CO)N2C(=O)c3c(ccc(-c4ccc(Cl)cc4)c3Cc3ccc(Cl)cn3)[C@]2(F)OCC2(C(N)=O)CC2)cn1C. The van der Waals surface area contributed by atoms with Gasteiger partial charge in [0.05, 0.1) is 40.5 Å². The summed E-state index contributed by atoms with van der Waals surface area (Å²) in [6.45, 7) is 0.787. The minimum Gasteiger partial charge on any atom is -0.394 e. The summed E-state index contributed by atoms with van der Waals surface area (Å²) in [5, 5.41) is 11.6. The Balaban J connectivity index is 1.55. The van der Waals surface area contributed by atoms with Crippen LogP contribution in [-0.4, -0.2) is 49.6 Å². The maximum absolute atomic E-state index is 17.8. The molecule has 0 spiro atoms. The molecule has 3 N–H and O–H groups in total. The number of ether oxygens (including phenoxy) is 1. The number of amides is 2. The van der Waals surface area contributed by atoms with Gasteiger partial charge in [0.15, 0.2) is 0 Å². The molecule has 228 valence electrons. The highest BCUT2D eigenvalue weighted by molar-refractivity contribution is 6.30. The number of imidazole rings is 1. The minimum absolute atomic E-state index is 0.0458. The van der Waals surface area contributed by atoms with E-state index in [0.29, 0.717) is 45.5 Å². The van der Waals surface area contributed by atoms with Crippen LogP contribution in [0.2, 0.25) is 10.0 Å². The van der Waals surface area contributed by atoms with Crippen LogP contribution in [0.15, 0.2) is 60.9 Å². The van der Waals surface area contributed by atoms with Crippen LogP contribution >= 0.6 is 23.2 Å². The Morgan fingerprint density at radius 1 is 1.14 bits per heavy atom. The fraction of sp³-hybridized carbons (Fsp3) is 0.312. The number of pyridine rings is 1. The number of aryl methyl sites for hydroxylation is 2. The van der Waals surface area contributed by atoms with E-state index in [1.165, 1.54) is 12.3 Å². The number of aromatic nitrogens is 3. The van der Waals surface area contributed by atoms with Crippen LogP contribution in [0.5, 0.6) is 0 Å². The lowest BCUT2D eigenvalue weighted by Crippen LogP contribution is -2.47. The second-order valence-corrected chi connectivity index (χ2v) is 12.2. The van der Waals surface area contributed by atoms with Gasteiger partial charge in [-0.2, -0.15) is 4.39 Å². The molecule has 1 unspecified atom stereocenters. The molecule has 0 radical (unpaired) electrons. The van der Waals surface area contributed by atoms with Gasteiger partial charge >= 0.3 is 5.98 Å². The van der Waals surface area contributed by atoms with Gasteiger partial charge in [0, 0.05) is 36.6 Å². The molecule has 4 aromatic rings. The van der Waals surface area contributed by atoms with Crippen LogP contribution in [0.4, 0.5) is 4.39 Å². The molecule has 0 bridgehead atoms. The summed E-state index contributed by atoms with van der Waals surface area (Å²) in [4.78, 5) is 36.6. The quantitative estimate of drug-likeness (QED) is 0.229. The van der Waals surface area contributed by atoms with E-state index in [4.69, 9.17) is 33.7 Å². The van der Waals surface area contributed by atoms with E-state index >= 15 is 4.39 Å². The van der Waals surface area contributed by atoms with Crippen LogP contribution in [-0.2, 0) is 29.0 Å². The molecule has 12 heteroatoms. The van der Waals surface area contributed by atoms with E-state index < -0.39 is 35.9 Å². The molecule has 9 nitrogen and oxygen atoms in total. The second kappa shape index (κ2) is 11.3. The Bertz CT molecular complexity index is 1740. The van der Waals surface area contributed by atoms with E-state index in [2.05, 4.69) is 9.97 Å². The maximum Gasteiger partial charge on any atom is 0.321 e. The minimum atomic E-state index is -2.85. The molecular formula is C32H30Cl2FN5O4. The molecule has 3 heterocycles. The average molecular weight is 639 g/mol. The molecule has 1 saturated carbocycles. The first-order chi connectivity index (χ1) is 21.0. The number of carbonyl (C=O) groups excluding carboxylic acids is 2. The number of fused-ring (bicyclic) bond motifs is 1. The summed E-state index contributed by atoms with van der Waals surface area (Å²) in [6, 6.07) is 12.6. The lowest BCUT2D eigenvalue weighted by Gasteiger charge is -2.36. The number of hydrogen-bond donors (Lipinski definition) is 2. The summed E-state index contributed by atoms with van der Waals surface area (Å²) < 4.78 is 25.4. The van der Waals surface area contributed by atoms with Crippen molar-refractivity contribution < 1.29 is 23.8 Å². The van der Waals surface area contributed by atoms with Gasteiger partial charge in [0.25, 0.3) is 5.91 Å². The number of halogens is 3. The highest BCUT2D eigenvalue weighted by Gasteiger charge is 2.59. The molecule has 0 saturated heterocycles. The largest absolute Gasteiger partial charge is 0.394 e. The van der Waals surface area contributed by atoms with E-state index in [0.717, 1.165) is 10.5 Å². The molecular weight excluding hydrogens is 608 g/mol. The zero-order chi connectivity index (χ0) is 31.4. The highest BCUT2D eigenvalue weighted by atomic mass is 35.5. The lowest BCUT2D eigenvalue weighted by molar-refractivity contribution is -0.250. The molecule has 2 aromatic heterocycles. The second-order valence-electron chi connectivity index (χ2n) is 11.4. The molecule has 2 amide bonds. The molecule has 6 rings (SSSR count). The van der Waals surface area contributed by atoms with Crippen molar-refractivity contribution in [2.75, 3.05) is 13.2 Å². The summed E-state index contributed by atoms with van der Waals surface area (Å²) in [7, 11) is 1.76. The summed E-state index contributed by atoms with van der Waals surface area (Å²) in [5.41, 5.74) is 7.44. The number of alkyl halides is 1. The molecule has 1 aliphatic carbocycles. The number of primary amides is 1. The number of rotatable bonds is 10. The van der Waals surface area contributed by atoms with Gasteiger partial charge in [0.2, 0.25) is 5.91 Å². The van der Waals surface area contributed by atoms with Gasteiger partial charge in [-0.05, 0) is 66.8 Å².